The van der Waals surface area contributed by atoms with Crippen molar-refractivity contribution in [2.45, 2.75) is 12.3 Å². The van der Waals surface area contributed by atoms with E-state index >= 15 is 0 Å². The first kappa shape index (κ1) is 8.10. The summed E-state index contributed by atoms with van der Waals surface area (Å²) in [5, 5.41) is 9.24. The van der Waals surface area contributed by atoms with Crippen LogP contribution in [0, 0.1) is 0 Å². The number of hydrogen-bond acceptors (Lipinski definition) is 3. The smallest absolute Gasteiger partial charge is 0.123 e. The fourth-order valence-corrected chi connectivity index (χ4v) is 1.58. The van der Waals surface area contributed by atoms with Crippen molar-refractivity contribution in [2.75, 3.05) is 6.61 Å². The Labute approximate surface area is 76.0 Å². The highest BCUT2D eigenvalue weighted by Gasteiger charge is 2.23. The van der Waals surface area contributed by atoms with Crippen LogP contribution in [0.4, 0.5) is 0 Å². The highest BCUT2D eigenvalue weighted by molar-refractivity contribution is 5.55. The Balaban J connectivity index is 2.34. The number of aromatic hydroxyl groups is 1. The molecule has 1 aliphatic heterocycles. The molecule has 1 unspecified atom stereocenters. The Morgan fingerprint density at radius 1 is 1.62 bits per heavy atom. The van der Waals surface area contributed by atoms with Gasteiger partial charge < -0.3 is 14.6 Å². The van der Waals surface area contributed by atoms with E-state index in [9.17, 15) is 9.90 Å². The van der Waals surface area contributed by atoms with Gasteiger partial charge in [-0.1, -0.05) is 0 Å². The molecule has 0 fully saturated rings. The predicted octanol–water partition coefficient (Wildman–Crippen LogP) is 1.46. The molecule has 1 aromatic rings. The summed E-state index contributed by atoms with van der Waals surface area (Å²) >= 11 is 0. The van der Waals surface area contributed by atoms with E-state index in [0.29, 0.717) is 13.0 Å². The van der Waals surface area contributed by atoms with E-state index in [1.54, 1.807) is 18.2 Å². The number of carbonyl (C=O) groups excluding carboxylic acids is 1. The lowest BCUT2D eigenvalue weighted by molar-refractivity contribution is -0.108. The SMILES string of the molecule is O=CCC1COc2ccc(O)cc21. The molecular formula is C10H10O3. The zero-order chi connectivity index (χ0) is 9.26. The Hall–Kier alpha value is -1.51. The van der Waals surface area contributed by atoms with Crippen LogP contribution in [0.25, 0.3) is 0 Å². The number of rotatable bonds is 2. The zero-order valence-corrected chi connectivity index (χ0v) is 7.06. The normalized spacial score (nSPS) is 19.2. The minimum Gasteiger partial charge on any atom is -0.508 e. The van der Waals surface area contributed by atoms with Gasteiger partial charge in [-0.2, -0.15) is 0 Å². The standard InChI is InChI=1S/C10H10O3/c11-4-3-7-6-13-10-2-1-8(12)5-9(7)10/h1-2,4-5,7,12H,3,6H2. The molecule has 1 aromatic carbocycles. The third-order valence-corrected chi connectivity index (χ3v) is 2.25. The van der Waals surface area contributed by atoms with Crippen LogP contribution in [-0.4, -0.2) is 18.0 Å². The molecule has 1 aliphatic rings. The molecule has 3 nitrogen and oxygen atoms in total. The van der Waals surface area contributed by atoms with Crippen LogP contribution in [0.5, 0.6) is 11.5 Å². The molecule has 0 bridgehead atoms. The fourth-order valence-electron chi connectivity index (χ4n) is 1.58. The van der Waals surface area contributed by atoms with Gasteiger partial charge in [0.15, 0.2) is 0 Å². The molecule has 68 valence electrons. The van der Waals surface area contributed by atoms with Crippen molar-refractivity contribution in [3.8, 4) is 11.5 Å². The van der Waals surface area contributed by atoms with Crippen LogP contribution in [0.1, 0.15) is 17.9 Å². The third kappa shape index (κ3) is 1.37. The van der Waals surface area contributed by atoms with E-state index in [1.165, 1.54) is 0 Å². The molecule has 0 aliphatic carbocycles. The molecule has 1 N–H and O–H groups in total. The summed E-state index contributed by atoms with van der Waals surface area (Å²) in [6, 6.07) is 4.98. The Bertz CT molecular complexity index is 333. The second-order valence-corrected chi connectivity index (χ2v) is 3.13. The van der Waals surface area contributed by atoms with Gasteiger partial charge in [-0.15, -0.1) is 0 Å². The maximum absolute atomic E-state index is 10.3. The highest BCUT2D eigenvalue weighted by Crippen LogP contribution is 2.37. The second-order valence-electron chi connectivity index (χ2n) is 3.13. The van der Waals surface area contributed by atoms with E-state index in [2.05, 4.69) is 0 Å². The number of hydrogen-bond donors (Lipinski definition) is 1. The van der Waals surface area contributed by atoms with Crippen LogP contribution in [0.2, 0.25) is 0 Å². The number of phenols is 1. The van der Waals surface area contributed by atoms with Gasteiger partial charge in [0.25, 0.3) is 0 Å². The summed E-state index contributed by atoms with van der Waals surface area (Å²) in [7, 11) is 0. The molecule has 2 rings (SSSR count). The topological polar surface area (TPSA) is 46.5 Å². The van der Waals surface area contributed by atoms with Gasteiger partial charge in [-0.05, 0) is 18.2 Å². The van der Waals surface area contributed by atoms with Crippen LogP contribution < -0.4 is 4.74 Å². The molecule has 13 heavy (non-hydrogen) atoms. The van der Waals surface area contributed by atoms with Gasteiger partial charge >= 0.3 is 0 Å². The lowest BCUT2D eigenvalue weighted by atomic mass is 9.98. The van der Waals surface area contributed by atoms with Gasteiger partial charge in [0.05, 0.1) is 6.61 Å². The summed E-state index contributed by atoms with van der Waals surface area (Å²) in [5.41, 5.74) is 0.937. The molecule has 0 saturated carbocycles. The summed E-state index contributed by atoms with van der Waals surface area (Å²) in [5.74, 6) is 1.12. The monoisotopic (exact) mass is 178 g/mol. The Morgan fingerprint density at radius 2 is 2.46 bits per heavy atom. The van der Waals surface area contributed by atoms with Gasteiger partial charge in [0.2, 0.25) is 0 Å². The van der Waals surface area contributed by atoms with Crippen molar-refractivity contribution in [3.63, 3.8) is 0 Å². The van der Waals surface area contributed by atoms with E-state index in [0.717, 1.165) is 17.6 Å². The molecule has 0 amide bonds. The quantitative estimate of drug-likeness (QED) is 0.697. The number of phenolic OH excluding ortho intramolecular Hbond substituents is 1. The zero-order valence-electron chi connectivity index (χ0n) is 7.06. The van der Waals surface area contributed by atoms with Gasteiger partial charge in [0.1, 0.15) is 17.8 Å². The van der Waals surface area contributed by atoms with Crippen molar-refractivity contribution in [1.82, 2.24) is 0 Å². The van der Waals surface area contributed by atoms with Crippen molar-refractivity contribution < 1.29 is 14.6 Å². The average molecular weight is 178 g/mol. The second kappa shape index (κ2) is 3.09. The number of aldehydes is 1. The first-order chi connectivity index (χ1) is 6.31. The number of benzene rings is 1. The largest absolute Gasteiger partial charge is 0.508 e. The van der Waals surface area contributed by atoms with E-state index in [4.69, 9.17) is 4.74 Å². The van der Waals surface area contributed by atoms with E-state index in [1.807, 2.05) is 0 Å². The summed E-state index contributed by atoms with van der Waals surface area (Å²) in [6.07, 6.45) is 1.34. The van der Waals surface area contributed by atoms with Gasteiger partial charge in [-0.25, -0.2) is 0 Å². The molecule has 1 atom stereocenters. The third-order valence-electron chi connectivity index (χ3n) is 2.25. The highest BCUT2D eigenvalue weighted by atomic mass is 16.5. The van der Waals surface area contributed by atoms with Gasteiger partial charge in [0, 0.05) is 17.9 Å². The number of fused-ring (bicyclic) bond motifs is 1. The Morgan fingerprint density at radius 3 is 3.23 bits per heavy atom. The molecule has 0 spiro atoms. The first-order valence-corrected chi connectivity index (χ1v) is 4.20. The van der Waals surface area contributed by atoms with Crippen LogP contribution in [0.15, 0.2) is 18.2 Å². The molecular weight excluding hydrogens is 168 g/mol. The maximum atomic E-state index is 10.3. The fraction of sp³-hybridized carbons (Fsp3) is 0.300. The molecule has 0 saturated heterocycles. The summed E-state index contributed by atoms with van der Waals surface area (Å²) in [4.78, 5) is 10.3. The summed E-state index contributed by atoms with van der Waals surface area (Å²) in [6.45, 7) is 0.539. The minimum atomic E-state index is 0.111. The predicted molar refractivity (Wildman–Crippen MR) is 47.0 cm³/mol. The maximum Gasteiger partial charge on any atom is 0.123 e. The molecule has 1 heterocycles. The molecule has 0 aromatic heterocycles. The van der Waals surface area contributed by atoms with Crippen molar-refractivity contribution >= 4 is 6.29 Å². The number of ether oxygens (including phenoxy) is 1. The van der Waals surface area contributed by atoms with Crippen molar-refractivity contribution in [3.05, 3.63) is 23.8 Å². The van der Waals surface area contributed by atoms with Crippen LogP contribution in [0.3, 0.4) is 0 Å². The molecule has 0 radical (unpaired) electrons. The first-order valence-electron chi connectivity index (χ1n) is 4.20. The van der Waals surface area contributed by atoms with E-state index < -0.39 is 0 Å². The summed E-state index contributed by atoms with van der Waals surface area (Å²) < 4.78 is 5.35. The average Bonchev–Trinajstić information content (AvgIpc) is 2.49. The minimum absolute atomic E-state index is 0.111. The van der Waals surface area contributed by atoms with Crippen molar-refractivity contribution in [2.24, 2.45) is 0 Å². The Kier molecular flexibility index (Phi) is 1.93. The molecule has 3 heteroatoms. The van der Waals surface area contributed by atoms with Gasteiger partial charge in [-0.3, -0.25) is 0 Å². The van der Waals surface area contributed by atoms with E-state index in [-0.39, 0.29) is 11.7 Å². The van der Waals surface area contributed by atoms with Crippen LogP contribution >= 0.6 is 0 Å². The van der Waals surface area contributed by atoms with Crippen LogP contribution in [-0.2, 0) is 4.79 Å². The lowest BCUT2D eigenvalue weighted by Gasteiger charge is -2.02. The van der Waals surface area contributed by atoms with Crippen molar-refractivity contribution in [1.29, 1.82) is 0 Å². The lowest BCUT2D eigenvalue weighted by Crippen LogP contribution is -2.00. The number of carbonyl (C=O) groups is 1.